The summed E-state index contributed by atoms with van der Waals surface area (Å²) in [7, 11) is 0. The number of urea groups is 1. The molecule has 2 aliphatic rings. The molecule has 0 aromatic rings. The Hall–Kier alpha value is -1.46. The molecule has 2 fully saturated rings. The van der Waals surface area contributed by atoms with E-state index in [9.17, 15) is 4.79 Å². The monoisotopic (exact) mass is 282 g/mol. The van der Waals surface area contributed by atoms with E-state index in [0.717, 1.165) is 51.4 Å². The van der Waals surface area contributed by atoms with E-state index in [-0.39, 0.29) is 17.9 Å². The van der Waals surface area contributed by atoms with Crippen LogP contribution in [0.5, 0.6) is 0 Å². The van der Waals surface area contributed by atoms with Crippen LogP contribution in [0.25, 0.3) is 0 Å². The van der Waals surface area contributed by atoms with E-state index < -0.39 is 5.54 Å². The Kier molecular flexibility index (Phi) is 5.09. The summed E-state index contributed by atoms with van der Waals surface area (Å²) in [6, 6.07) is 0.0792. The van der Waals surface area contributed by atoms with E-state index in [2.05, 4.69) is 15.8 Å². The third-order valence-corrected chi connectivity index (χ3v) is 4.60. The van der Waals surface area contributed by atoms with Crippen molar-refractivity contribution in [2.24, 2.45) is 10.9 Å². The first-order valence-electron chi connectivity index (χ1n) is 7.73. The standard InChI is InChI=1S/C14H26N4O2/c15-12(18-20)14(9-5-1-2-6-10-14)17-13(19)16-11-7-3-4-8-11/h11,20H,1-10H2,(H2,15,18)(H2,16,17,19). The van der Waals surface area contributed by atoms with Gasteiger partial charge in [-0.05, 0) is 25.7 Å². The number of amides is 2. The fourth-order valence-corrected chi connectivity index (χ4v) is 3.38. The van der Waals surface area contributed by atoms with Crippen molar-refractivity contribution in [1.82, 2.24) is 10.6 Å². The van der Waals surface area contributed by atoms with Crippen LogP contribution >= 0.6 is 0 Å². The fourth-order valence-electron chi connectivity index (χ4n) is 3.38. The summed E-state index contributed by atoms with van der Waals surface area (Å²) in [5, 5.41) is 18.2. The predicted octanol–water partition coefficient (Wildman–Crippen LogP) is 2.07. The predicted molar refractivity (Wildman–Crippen MR) is 77.8 cm³/mol. The molecule has 0 saturated heterocycles. The first kappa shape index (κ1) is 14.9. The molecule has 0 bridgehead atoms. The molecule has 0 atom stereocenters. The summed E-state index contributed by atoms with van der Waals surface area (Å²) < 4.78 is 0. The first-order valence-corrected chi connectivity index (χ1v) is 7.73. The number of oxime groups is 1. The van der Waals surface area contributed by atoms with Gasteiger partial charge >= 0.3 is 6.03 Å². The Bertz CT molecular complexity index is 356. The molecule has 20 heavy (non-hydrogen) atoms. The van der Waals surface area contributed by atoms with Crippen molar-refractivity contribution in [3.05, 3.63) is 0 Å². The second-order valence-corrected chi connectivity index (χ2v) is 6.06. The van der Waals surface area contributed by atoms with Crippen LogP contribution in [0.3, 0.4) is 0 Å². The summed E-state index contributed by atoms with van der Waals surface area (Å²) in [6.07, 6.45) is 10.2. The van der Waals surface area contributed by atoms with E-state index in [1.807, 2.05) is 0 Å². The van der Waals surface area contributed by atoms with E-state index in [4.69, 9.17) is 10.9 Å². The number of hydrogen-bond donors (Lipinski definition) is 4. The molecular weight excluding hydrogens is 256 g/mol. The Labute approximate surface area is 120 Å². The molecule has 0 spiro atoms. The van der Waals surface area contributed by atoms with Gasteiger partial charge in [-0.15, -0.1) is 0 Å². The average molecular weight is 282 g/mol. The summed E-state index contributed by atoms with van der Waals surface area (Å²) in [6.45, 7) is 0. The van der Waals surface area contributed by atoms with Gasteiger partial charge in [-0.1, -0.05) is 43.7 Å². The second kappa shape index (κ2) is 6.81. The van der Waals surface area contributed by atoms with E-state index in [0.29, 0.717) is 0 Å². The number of carbonyl (C=O) groups excluding carboxylic acids is 1. The van der Waals surface area contributed by atoms with Gasteiger partial charge in [0.2, 0.25) is 0 Å². The van der Waals surface area contributed by atoms with Gasteiger partial charge in [-0.2, -0.15) is 0 Å². The lowest BCUT2D eigenvalue weighted by atomic mass is 9.89. The van der Waals surface area contributed by atoms with Crippen molar-refractivity contribution >= 4 is 11.9 Å². The molecule has 6 heteroatoms. The van der Waals surface area contributed by atoms with E-state index in [1.165, 1.54) is 12.8 Å². The molecule has 5 N–H and O–H groups in total. The van der Waals surface area contributed by atoms with Gasteiger partial charge in [0.1, 0.15) is 5.54 Å². The highest BCUT2D eigenvalue weighted by atomic mass is 16.4. The topological polar surface area (TPSA) is 99.7 Å². The number of nitrogens with zero attached hydrogens (tertiary/aromatic N) is 1. The lowest BCUT2D eigenvalue weighted by Crippen LogP contribution is -2.60. The maximum absolute atomic E-state index is 12.2. The highest BCUT2D eigenvalue weighted by Crippen LogP contribution is 2.27. The van der Waals surface area contributed by atoms with Gasteiger partial charge in [0.05, 0.1) is 0 Å². The zero-order valence-electron chi connectivity index (χ0n) is 12.0. The van der Waals surface area contributed by atoms with Crippen LogP contribution in [0.15, 0.2) is 5.16 Å². The van der Waals surface area contributed by atoms with E-state index >= 15 is 0 Å². The molecule has 0 heterocycles. The summed E-state index contributed by atoms with van der Waals surface area (Å²) in [4.78, 5) is 12.2. The van der Waals surface area contributed by atoms with Crippen LogP contribution in [0, 0.1) is 0 Å². The summed E-state index contributed by atoms with van der Waals surface area (Å²) in [5.74, 6) is 0.126. The van der Waals surface area contributed by atoms with Crippen LogP contribution in [0.2, 0.25) is 0 Å². The highest BCUT2D eigenvalue weighted by Gasteiger charge is 2.37. The minimum absolute atomic E-state index is 0.126. The number of rotatable bonds is 3. The van der Waals surface area contributed by atoms with Crippen molar-refractivity contribution in [2.45, 2.75) is 75.8 Å². The lowest BCUT2D eigenvalue weighted by Gasteiger charge is -2.33. The quantitative estimate of drug-likeness (QED) is 0.209. The largest absolute Gasteiger partial charge is 0.409 e. The molecular formula is C14H26N4O2. The average Bonchev–Trinajstić information content (AvgIpc) is 2.82. The molecule has 0 aromatic heterocycles. The van der Waals surface area contributed by atoms with Gasteiger partial charge in [0.15, 0.2) is 5.84 Å². The van der Waals surface area contributed by atoms with Gasteiger partial charge in [0.25, 0.3) is 0 Å². The van der Waals surface area contributed by atoms with Crippen molar-refractivity contribution in [2.75, 3.05) is 0 Å². The van der Waals surface area contributed by atoms with Crippen LogP contribution < -0.4 is 16.4 Å². The first-order chi connectivity index (χ1) is 9.66. The molecule has 2 aliphatic carbocycles. The van der Waals surface area contributed by atoms with Gasteiger partial charge in [-0.25, -0.2) is 4.79 Å². The van der Waals surface area contributed by atoms with Crippen LogP contribution in [0.1, 0.15) is 64.2 Å². The Morgan fingerprint density at radius 3 is 2.25 bits per heavy atom. The molecule has 114 valence electrons. The van der Waals surface area contributed by atoms with Gasteiger partial charge in [-0.3, -0.25) is 0 Å². The van der Waals surface area contributed by atoms with Crippen LogP contribution in [-0.4, -0.2) is 28.7 Å². The minimum atomic E-state index is -0.687. The molecule has 2 rings (SSSR count). The molecule has 0 aliphatic heterocycles. The number of nitrogens with one attached hydrogen (secondary N) is 2. The van der Waals surface area contributed by atoms with Crippen LogP contribution in [-0.2, 0) is 0 Å². The maximum atomic E-state index is 12.2. The molecule has 0 unspecified atom stereocenters. The summed E-state index contributed by atoms with van der Waals surface area (Å²) >= 11 is 0. The zero-order chi connectivity index (χ0) is 14.4. The van der Waals surface area contributed by atoms with Crippen LogP contribution in [0.4, 0.5) is 4.79 Å². The van der Waals surface area contributed by atoms with Crippen molar-refractivity contribution in [1.29, 1.82) is 0 Å². The maximum Gasteiger partial charge on any atom is 0.315 e. The van der Waals surface area contributed by atoms with E-state index in [1.54, 1.807) is 0 Å². The number of nitrogens with two attached hydrogens (primary N) is 1. The zero-order valence-corrected chi connectivity index (χ0v) is 12.0. The number of carbonyl (C=O) groups is 1. The minimum Gasteiger partial charge on any atom is -0.409 e. The van der Waals surface area contributed by atoms with Gasteiger partial charge < -0.3 is 21.6 Å². The summed E-state index contributed by atoms with van der Waals surface area (Å²) in [5.41, 5.74) is 5.18. The molecule has 2 amide bonds. The normalized spacial score (nSPS) is 24.1. The van der Waals surface area contributed by atoms with Crippen molar-refractivity contribution < 1.29 is 10.0 Å². The fraction of sp³-hybridized carbons (Fsp3) is 0.857. The number of amidine groups is 1. The van der Waals surface area contributed by atoms with Crippen molar-refractivity contribution in [3.63, 3.8) is 0 Å². The Balaban J connectivity index is 2.00. The lowest BCUT2D eigenvalue weighted by molar-refractivity contribution is 0.225. The molecule has 0 radical (unpaired) electrons. The van der Waals surface area contributed by atoms with Crippen molar-refractivity contribution in [3.8, 4) is 0 Å². The Morgan fingerprint density at radius 1 is 1.10 bits per heavy atom. The smallest absolute Gasteiger partial charge is 0.315 e. The molecule has 6 nitrogen and oxygen atoms in total. The second-order valence-electron chi connectivity index (χ2n) is 6.06. The molecule has 0 aromatic carbocycles. The molecule has 2 saturated carbocycles. The third-order valence-electron chi connectivity index (χ3n) is 4.60. The Morgan fingerprint density at radius 2 is 1.70 bits per heavy atom. The SMILES string of the molecule is NC(=NO)C1(NC(=O)NC2CCCC2)CCCCCC1. The third kappa shape index (κ3) is 3.55. The van der Waals surface area contributed by atoms with Gasteiger partial charge in [0, 0.05) is 6.04 Å². The number of hydrogen-bond acceptors (Lipinski definition) is 3. The highest BCUT2D eigenvalue weighted by molar-refractivity contribution is 5.93.